The lowest BCUT2D eigenvalue weighted by atomic mass is 9.91. The quantitative estimate of drug-likeness (QED) is 0.624. The number of nitrogens with two attached hydrogens (primary N) is 1. The molecule has 0 saturated carbocycles. The van der Waals surface area contributed by atoms with E-state index in [4.69, 9.17) is 5.73 Å². The second kappa shape index (κ2) is 8.26. The molecule has 1 fully saturated rings. The summed E-state index contributed by atoms with van der Waals surface area (Å²) in [5.41, 5.74) is 6.05. The molecule has 1 aromatic rings. The van der Waals surface area contributed by atoms with Crippen molar-refractivity contribution in [3.63, 3.8) is 0 Å². The summed E-state index contributed by atoms with van der Waals surface area (Å²) in [6.45, 7) is 5.03. The fourth-order valence-corrected chi connectivity index (χ4v) is 2.92. The Morgan fingerprint density at radius 1 is 1.52 bits per heavy atom. The Balaban J connectivity index is 0.00000264. The van der Waals surface area contributed by atoms with Crippen molar-refractivity contribution in [3.05, 3.63) is 21.5 Å². The van der Waals surface area contributed by atoms with Gasteiger partial charge in [-0.05, 0) is 32.1 Å². The van der Waals surface area contributed by atoms with E-state index in [1.165, 1.54) is 0 Å². The minimum absolute atomic E-state index is 0. The van der Waals surface area contributed by atoms with E-state index in [1.54, 1.807) is 4.90 Å². The van der Waals surface area contributed by atoms with Gasteiger partial charge in [0.25, 0.3) is 5.91 Å². The van der Waals surface area contributed by atoms with E-state index in [0.29, 0.717) is 31.1 Å². The number of H-pyrrole nitrogens is 1. The first-order chi connectivity index (χ1) is 10.5. The lowest BCUT2D eigenvalue weighted by Crippen LogP contribution is -2.42. The molecule has 3 N–H and O–H groups in total. The summed E-state index contributed by atoms with van der Waals surface area (Å²) in [6, 6.07) is 0.105. The largest absolute Gasteiger partial charge is 0.337 e. The van der Waals surface area contributed by atoms with Crippen molar-refractivity contribution >= 4 is 24.0 Å². The Labute approximate surface area is 141 Å². The van der Waals surface area contributed by atoms with E-state index in [-0.39, 0.29) is 35.7 Å². The average Bonchev–Trinajstić information content (AvgIpc) is 2.91. The molecular weight excluding hydrogens is 322 g/mol. The fraction of sp³-hybridized carbons (Fsp3) is 0.714. The van der Waals surface area contributed by atoms with Crippen LogP contribution in [-0.4, -0.2) is 45.1 Å². The molecule has 0 spiro atoms. The van der Waals surface area contributed by atoms with Crippen molar-refractivity contribution in [1.82, 2.24) is 15.1 Å². The number of carbonyl (C=O) groups excluding carboxylic acids is 1. The first-order valence-electron chi connectivity index (χ1n) is 7.72. The van der Waals surface area contributed by atoms with Crippen LogP contribution < -0.4 is 5.73 Å². The Hall–Kier alpha value is -1.67. The molecule has 0 aromatic carbocycles. The summed E-state index contributed by atoms with van der Waals surface area (Å²) in [5, 5.41) is 17.8. The van der Waals surface area contributed by atoms with E-state index >= 15 is 0 Å². The molecule has 1 amide bonds. The number of rotatable bonds is 5. The maximum atomic E-state index is 12.5. The molecule has 9 heteroatoms. The van der Waals surface area contributed by atoms with Crippen LogP contribution in [0.4, 0.5) is 5.69 Å². The Kier molecular flexibility index (Phi) is 6.96. The van der Waals surface area contributed by atoms with Gasteiger partial charge in [0.05, 0.1) is 4.92 Å². The van der Waals surface area contributed by atoms with E-state index in [9.17, 15) is 14.9 Å². The molecule has 0 radical (unpaired) electrons. The smallest absolute Gasteiger partial charge is 0.322 e. The van der Waals surface area contributed by atoms with Gasteiger partial charge in [0.1, 0.15) is 5.69 Å². The molecule has 1 atom stereocenters. The zero-order valence-corrected chi connectivity index (χ0v) is 14.3. The van der Waals surface area contributed by atoms with Crippen LogP contribution in [0.2, 0.25) is 0 Å². The zero-order chi connectivity index (χ0) is 16.3. The van der Waals surface area contributed by atoms with E-state index in [0.717, 1.165) is 19.3 Å². The van der Waals surface area contributed by atoms with Crippen molar-refractivity contribution in [3.8, 4) is 0 Å². The van der Waals surface area contributed by atoms with Crippen LogP contribution in [0, 0.1) is 16.0 Å². The number of carbonyl (C=O) groups is 1. The number of nitro groups is 1. The standard InChI is InChI=1S/C14H23N5O3.ClH/c1-3-4-11-13(19(21)22)12(17-16-11)14(20)18-7-5-10(6-8-18)9(2)15;/h9-10H,3-8,15H2,1-2H3,(H,16,17);1H. The number of aromatic amines is 1. The number of nitrogens with one attached hydrogen (secondary N) is 1. The highest BCUT2D eigenvalue weighted by molar-refractivity contribution is 5.96. The lowest BCUT2D eigenvalue weighted by molar-refractivity contribution is -0.385. The molecule has 1 aliphatic heterocycles. The lowest BCUT2D eigenvalue weighted by Gasteiger charge is -2.33. The summed E-state index contributed by atoms with van der Waals surface area (Å²) in [5.74, 6) is 0.0299. The van der Waals surface area contributed by atoms with Gasteiger partial charge in [0.15, 0.2) is 0 Å². The van der Waals surface area contributed by atoms with Gasteiger partial charge in [0.2, 0.25) is 5.69 Å². The van der Waals surface area contributed by atoms with Crippen LogP contribution in [0.5, 0.6) is 0 Å². The predicted octanol–water partition coefficient (Wildman–Crippen LogP) is 1.89. The third-order valence-corrected chi connectivity index (χ3v) is 4.27. The van der Waals surface area contributed by atoms with Crippen LogP contribution in [0.15, 0.2) is 0 Å². The second-order valence-corrected chi connectivity index (χ2v) is 5.90. The highest BCUT2D eigenvalue weighted by atomic mass is 35.5. The minimum Gasteiger partial charge on any atom is -0.337 e. The molecule has 130 valence electrons. The van der Waals surface area contributed by atoms with Crippen LogP contribution in [0.3, 0.4) is 0 Å². The first kappa shape index (κ1) is 19.4. The highest BCUT2D eigenvalue weighted by Crippen LogP contribution is 2.26. The number of amides is 1. The number of aromatic nitrogens is 2. The number of hydrogen-bond donors (Lipinski definition) is 2. The van der Waals surface area contributed by atoms with E-state index in [1.807, 2.05) is 13.8 Å². The molecule has 1 aliphatic rings. The number of hydrogen-bond acceptors (Lipinski definition) is 5. The number of piperidine rings is 1. The average molecular weight is 346 g/mol. The number of aryl methyl sites for hydroxylation is 1. The van der Waals surface area contributed by atoms with Crippen molar-refractivity contribution in [2.45, 2.75) is 45.6 Å². The molecule has 1 saturated heterocycles. The van der Waals surface area contributed by atoms with Gasteiger partial charge in [-0.2, -0.15) is 5.10 Å². The summed E-state index contributed by atoms with van der Waals surface area (Å²) < 4.78 is 0. The van der Waals surface area contributed by atoms with Gasteiger partial charge in [-0.3, -0.25) is 20.0 Å². The van der Waals surface area contributed by atoms with Crippen molar-refractivity contribution in [2.24, 2.45) is 11.7 Å². The second-order valence-electron chi connectivity index (χ2n) is 5.90. The van der Waals surface area contributed by atoms with Crippen molar-refractivity contribution in [2.75, 3.05) is 13.1 Å². The fourth-order valence-electron chi connectivity index (χ4n) is 2.92. The SMILES string of the molecule is CCCc1[nH]nc(C(=O)N2CCC(C(C)N)CC2)c1[N+](=O)[O-].Cl. The van der Waals surface area contributed by atoms with Crippen LogP contribution in [-0.2, 0) is 6.42 Å². The molecule has 2 rings (SSSR count). The van der Waals surface area contributed by atoms with E-state index < -0.39 is 4.92 Å². The maximum absolute atomic E-state index is 12.5. The molecule has 1 unspecified atom stereocenters. The van der Waals surface area contributed by atoms with Crippen LogP contribution in [0.25, 0.3) is 0 Å². The highest BCUT2D eigenvalue weighted by Gasteiger charge is 2.33. The maximum Gasteiger partial charge on any atom is 0.322 e. The van der Waals surface area contributed by atoms with Crippen LogP contribution >= 0.6 is 12.4 Å². The Morgan fingerprint density at radius 3 is 2.61 bits per heavy atom. The zero-order valence-electron chi connectivity index (χ0n) is 13.4. The van der Waals surface area contributed by atoms with Gasteiger partial charge >= 0.3 is 5.69 Å². The molecule has 0 bridgehead atoms. The van der Waals surface area contributed by atoms with Gasteiger partial charge in [-0.25, -0.2) is 0 Å². The molecule has 23 heavy (non-hydrogen) atoms. The van der Waals surface area contributed by atoms with Gasteiger partial charge in [-0.15, -0.1) is 12.4 Å². The minimum atomic E-state index is -0.517. The molecule has 0 aliphatic carbocycles. The number of nitrogens with zero attached hydrogens (tertiary/aromatic N) is 3. The Bertz CT molecular complexity index is 553. The number of likely N-dealkylation sites (tertiary alicyclic amines) is 1. The molecule has 2 heterocycles. The summed E-state index contributed by atoms with van der Waals surface area (Å²) in [7, 11) is 0. The van der Waals surface area contributed by atoms with Crippen molar-refractivity contribution < 1.29 is 9.72 Å². The van der Waals surface area contributed by atoms with Gasteiger partial charge in [-0.1, -0.05) is 13.3 Å². The van der Waals surface area contributed by atoms with Gasteiger partial charge < -0.3 is 10.6 Å². The van der Waals surface area contributed by atoms with Crippen molar-refractivity contribution in [1.29, 1.82) is 0 Å². The third kappa shape index (κ3) is 4.20. The van der Waals surface area contributed by atoms with Gasteiger partial charge in [0, 0.05) is 19.1 Å². The first-order valence-corrected chi connectivity index (χ1v) is 7.72. The van der Waals surface area contributed by atoms with E-state index in [2.05, 4.69) is 10.2 Å². The molecule has 1 aromatic heterocycles. The topological polar surface area (TPSA) is 118 Å². The monoisotopic (exact) mass is 345 g/mol. The normalized spacial score (nSPS) is 16.7. The summed E-state index contributed by atoms with van der Waals surface area (Å²) >= 11 is 0. The Morgan fingerprint density at radius 2 is 2.13 bits per heavy atom. The summed E-state index contributed by atoms with van der Waals surface area (Å²) in [4.78, 5) is 24.9. The van der Waals surface area contributed by atoms with Crippen LogP contribution in [0.1, 0.15) is 49.3 Å². The number of halogens is 1. The summed E-state index contributed by atoms with van der Waals surface area (Å²) in [6.07, 6.45) is 2.90. The third-order valence-electron chi connectivity index (χ3n) is 4.27. The predicted molar refractivity (Wildman–Crippen MR) is 88.8 cm³/mol. The molecule has 8 nitrogen and oxygen atoms in total. The molecular formula is C14H24ClN5O3.